The first-order valence-electron chi connectivity index (χ1n) is 20.3. The molecule has 2 heteroatoms. The maximum absolute atomic E-state index is 6.68. The number of fused-ring (bicyclic) bond motifs is 12. The summed E-state index contributed by atoms with van der Waals surface area (Å²) in [6.07, 6.45) is 0. The van der Waals surface area contributed by atoms with Crippen LogP contribution < -0.4 is 0 Å². The Morgan fingerprint density at radius 1 is 0.322 bits per heavy atom. The highest BCUT2D eigenvalue weighted by atomic mass is 16.3. The second-order valence-electron chi connectivity index (χ2n) is 15.9. The van der Waals surface area contributed by atoms with E-state index >= 15 is 0 Å². The minimum absolute atomic E-state index is 0.631. The number of furan rings is 2. The van der Waals surface area contributed by atoms with Gasteiger partial charge in [0.1, 0.15) is 22.3 Å². The molecule has 13 rings (SSSR count). The minimum Gasteiger partial charge on any atom is -0.456 e. The molecule has 0 spiro atoms. The van der Waals surface area contributed by atoms with Gasteiger partial charge >= 0.3 is 0 Å². The Morgan fingerprint density at radius 3 is 1.76 bits per heavy atom. The third-order valence-electron chi connectivity index (χ3n) is 12.9. The lowest BCUT2D eigenvalue weighted by Gasteiger charge is -2.35. The summed E-state index contributed by atoms with van der Waals surface area (Å²) >= 11 is 0. The third-order valence-corrected chi connectivity index (χ3v) is 12.9. The van der Waals surface area contributed by atoms with Crippen molar-refractivity contribution in [2.75, 3.05) is 0 Å². The van der Waals surface area contributed by atoms with Gasteiger partial charge in [0, 0.05) is 21.5 Å². The van der Waals surface area contributed by atoms with E-state index in [0.29, 0.717) is 0 Å². The highest BCUT2D eigenvalue weighted by Gasteiger charge is 2.48. The average molecular weight is 751 g/mol. The van der Waals surface area contributed by atoms with E-state index in [9.17, 15) is 0 Å². The van der Waals surface area contributed by atoms with Crippen LogP contribution in [-0.4, -0.2) is 0 Å². The number of hydrogen-bond acceptors (Lipinski definition) is 2. The van der Waals surface area contributed by atoms with Gasteiger partial charge in [0.15, 0.2) is 0 Å². The molecule has 274 valence electrons. The van der Waals surface area contributed by atoms with Gasteiger partial charge in [-0.3, -0.25) is 0 Å². The van der Waals surface area contributed by atoms with Gasteiger partial charge in [-0.2, -0.15) is 0 Å². The minimum atomic E-state index is -0.631. The lowest BCUT2D eigenvalue weighted by Crippen LogP contribution is -2.29. The van der Waals surface area contributed by atoms with Crippen molar-refractivity contribution in [2.24, 2.45) is 0 Å². The van der Waals surface area contributed by atoms with E-state index in [-0.39, 0.29) is 0 Å². The van der Waals surface area contributed by atoms with Crippen LogP contribution in [0.15, 0.2) is 215 Å². The molecule has 0 N–H and O–H groups in total. The molecular weight excluding hydrogens is 717 g/mol. The summed E-state index contributed by atoms with van der Waals surface area (Å²) in [6.45, 7) is 0. The molecule has 0 bridgehead atoms. The zero-order chi connectivity index (χ0) is 38.7. The van der Waals surface area contributed by atoms with Crippen molar-refractivity contribution in [2.45, 2.75) is 5.41 Å². The van der Waals surface area contributed by atoms with Crippen molar-refractivity contribution in [3.63, 3.8) is 0 Å². The largest absolute Gasteiger partial charge is 0.456 e. The van der Waals surface area contributed by atoms with Crippen molar-refractivity contribution < 1.29 is 8.83 Å². The molecule has 1 aliphatic rings. The SMILES string of the molecule is c1ccc(C2(c3ccccc3)c3cc(-c4cccc5oc6cc7ccccc7cc6c45)cc(-c4ccc5oc6ccccc6c5c4)c3-c3ccc4ccccc4c32)cc1. The van der Waals surface area contributed by atoms with Gasteiger partial charge in [-0.1, -0.05) is 158 Å². The van der Waals surface area contributed by atoms with Crippen LogP contribution in [0.25, 0.3) is 98.8 Å². The summed E-state index contributed by atoms with van der Waals surface area (Å²) in [4.78, 5) is 0. The quantitative estimate of drug-likeness (QED) is 0.179. The molecule has 0 atom stereocenters. The monoisotopic (exact) mass is 750 g/mol. The fourth-order valence-electron chi connectivity index (χ4n) is 10.4. The van der Waals surface area contributed by atoms with E-state index in [1.54, 1.807) is 0 Å². The van der Waals surface area contributed by atoms with Gasteiger partial charge in [-0.05, 0) is 126 Å². The second-order valence-corrected chi connectivity index (χ2v) is 15.9. The van der Waals surface area contributed by atoms with Gasteiger partial charge in [0.05, 0.1) is 5.41 Å². The van der Waals surface area contributed by atoms with E-state index in [2.05, 4.69) is 200 Å². The average Bonchev–Trinajstić information content (AvgIpc) is 3.96. The van der Waals surface area contributed by atoms with Crippen LogP contribution >= 0.6 is 0 Å². The van der Waals surface area contributed by atoms with Crippen molar-refractivity contribution in [3.8, 4) is 33.4 Å². The smallest absolute Gasteiger partial charge is 0.136 e. The summed E-state index contributed by atoms with van der Waals surface area (Å²) in [5, 5.41) is 9.33. The molecule has 0 fully saturated rings. The molecule has 0 saturated heterocycles. The maximum atomic E-state index is 6.68. The third kappa shape index (κ3) is 4.51. The molecule has 0 radical (unpaired) electrons. The zero-order valence-electron chi connectivity index (χ0n) is 31.9. The molecule has 0 aliphatic heterocycles. The van der Waals surface area contributed by atoms with E-state index in [0.717, 1.165) is 60.6 Å². The molecule has 0 saturated carbocycles. The van der Waals surface area contributed by atoms with Crippen molar-refractivity contribution in [1.82, 2.24) is 0 Å². The molecule has 2 nitrogen and oxygen atoms in total. The molecule has 1 aliphatic carbocycles. The number of para-hydroxylation sites is 1. The summed E-state index contributed by atoms with van der Waals surface area (Å²) in [7, 11) is 0. The van der Waals surface area contributed by atoms with Gasteiger partial charge in [-0.25, -0.2) is 0 Å². The lowest BCUT2D eigenvalue weighted by molar-refractivity contribution is 0.669. The Labute approximate surface area is 340 Å². The fourth-order valence-corrected chi connectivity index (χ4v) is 10.4. The molecule has 10 aromatic carbocycles. The van der Waals surface area contributed by atoms with E-state index in [4.69, 9.17) is 8.83 Å². The van der Waals surface area contributed by atoms with Crippen LogP contribution in [0.1, 0.15) is 22.3 Å². The Morgan fingerprint density at radius 2 is 0.966 bits per heavy atom. The Bertz CT molecular complexity index is 3620. The highest BCUT2D eigenvalue weighted by Crippen LogP contribution is 2.61. The van der Waals surface area contributed by atoms with Crippen molar-refractivity contribution in [1.29, 1.82) is 0 Å². The lowest BCUT2D eigenvalue weighted by atomic mass is 9.66. The van der Waals surface area contributed by atoms with Gasteiger partial charge in [0.25, 0.3) is 0 Å². The molecule has 0 unspecified atom stereocenters. The van der Waals surface area contributed by atoms with Crippen LogP contribution in [0.2, 0.25) is 0 Å². The first-order chi connectivity index (χ1) is 29.2. The van der Waals surface area contributed by atoms with Crippen LogP contribution in [0.5, 0.6) is 0 Å². The summed E-state index contributed by atoms with van der Waals surface area (Å²) in [5.74, 6) is 0. The van der Waals surface area contributed by atoms with Crippen LogP contribution in [0.3, 0.4) is 0 Å². The Kier molecular flexibility index (Phi) is 6.68. The van der Waals surface area contributed by atoms with E-state index < -0.39 is 5.41 Å². The number of rotatable bonds is 4. The predicted octanol–water partition coefficient (Wildman–Crippen LogP) is 15.5. The highest BCUT2D eigenvalue weighted by molar-refractivity contribution is 6.17. The summed E-state index contributed by atoms with van der Waals surface area (Å²) < 4.78 is 13.1. The molecular formula is C57H34O2. The molecule has 2 heterocycles. The first kappa shape index (κ1) is 32.4. The predicted molar refractivity (Wildman–Crippen MR) is 244 cm³/mol. The summed E-state index contributed by atoms with van der Waals surface area (Å²) in [6, 6.07) is 75.4. The Hall–Kier alpha value is -7.68. The van der Waals surface area contributed by atoms with Crippen LogP contribution in [0, 0.1) is 0 Å². The molecule has 0 amide bonds. The van der Waals surface area contributed by atoms with Gasteiger partial charge in [0.2, 0.25) is 0 Å². The molecule has 2 aromatic heterocycles. The number of benzene rings is 10. The van der Waals surface area contributed by atoms with Gasteiger partial charge in [-0.15, -0.1) is 0 Å². The van der Waals surface area contributed by atoms with Gasteiger partial charge < -0.3 is 8.83 Å². The molecule has 59 heavy (non-hydrogen) atoms. The van der Waals surface area contributed by atoms with Crippen molar-refractivity contribution >= 4 is 65.4 Å². The zero-order valence-corrected chi connectivity index (χ0v) is 31.9. The van der Waals surface area contributed by atoms with Crippen molar-refractivity contribution in [3.05, 3.63) is 229 Å². The second kappa shape index (κ2) is 12.2. The van der Waals surface area contributed by atoms with E-state index in [1.807, 2.05) is 6.07 Å². The topological polar surface area (TPSA) is 26.3 Å². The molecule has 12 aromatic rings. The maximum Gasteiger partial charge on any atom is 0.136 e. The van der Waals surface area contributed by atoms with E-state index in [1.165, 1.54) is 60.5 Å². The normalized spacial score (nSPS) is 13.2. The number of hydrogen-bond donors (Lipinski definition) is 0. The van der Waals surface area contributed by atoms with Crippen LogP contribution in [-0.2, 0) is 5.41 Å². The van der Waals surface area contributed by atoms with Crippen LogP contribution in [0.4, 0.5) is 0 Å². The standard InChI is InChI=1S/C57H34O2/c1-3-17-40(18-4-1)57(41-19-5-2-6-20-41)49-33-39(42-23-13-25-52-55(42)48-30-36-15-7-8-16-37(36)34-53(48)59-52)32-46(54(49)45-28-26-35-14-9-10-21-43(35)56(45)57)38-27-29-51-47(31-38)44-22-11-12-24-50(44)58-51/h1-34H. The fraction of sp³-hybridized carbons (Fsp3) is 0.0175. The summed E-state index contributed by atoms with van der Waals surface area (Å²) in [5.41, 5.74) is 15.1. The first-order valence-corrected chi connectivity index (χ1v) is 20.3. The Balaban J connectivity index is 1.22.